The zero-order valence-corrected chi connectivity index (χ0v) is 18.0. The first-order valence-corrected chi connectivity index (χ1v) is 10.8. The molecule has 0 aliphatic rings. The molecular formula is C24H21N5OS. The van der Waals surface area contributed by atoms with Crippen LogP contribution in [0.2, 0.25) is 0 Å². The van der Waals surface area contributed by atoms with Crippen LogP contribution >= 0.6 is 11.3 Å². The van der Waals surface area contributed by atoms with Gasteiger partial charge in [0, 0.05) is 54.5 Å². The summed E-state index contributed by atoms with van der Waals surface area (Å²) in [7, 11) is 1.81. The highest BCUT2D eigenvalue weighted by atomic mass is 32.1. The molecule has 0 bridgehead atoms. The number of fused-ring (bicyclic) bond motifs is 2. The van der Waals surface area contributed by atoms with Crippen molar-refractivity contribution >= 4 is 49.7 Å². The van der Waals surface area contributed by atoms with Crippen LogP contribution in [0.25, 0.3) is 21.1 Å². The van der Waals surface area contributed by atoms with Gasteiger partial charge in [-0.15, -0.1) is 11.3 Å². The summed E-state index contributed by atoms with van der Waals surface area (Å²) in [6.45, 7) is 2.56. The van der Waals surface area contributed by atoms with Crippen LogP contribution in [0.15, 0.2) is 67.1 Å². The Morgan fingerprint density at radius 1 is 1.16 bits per heavy atom. The summed E-state index contributed by atoms with van der Waals surface area (Å²) in [5.74, 6) is -0.0259. The van der Waals surface area contributed by atoms with Gasteiger partial charge in [0.1, 0.15) is 0 Å². The number of aryl methyl sites for hydroxylation is 1. The van der Waals surface area contributed by atoms with Gasteiger partial charge in [-0.2, -0.15) is 0 Å². The Bertz CT molecular complexity index is 1390. The molecule has 0 radical (unpaired) electrons. The fourth-order valence-electron chi connectivity index (χ4n) is 3.68. The minimum Gasteiger partial charge on any atom is -0.359 e. The first-order valence-electron chi connectivity index (χ1n) is 9.96. The molecule has 7 heteroatoms. The number of hydrogen-bond acceptors (Lipinski definition) is 5. The minimum atomic E-state index is -0.0259. The molecule has 0 atom stereocenters. The first-order chi connectivity index (χ1) is 15.1. The molecule has 0 fully saturated rings. The van der Waals surface area contributed by atoms with E-state index in [0.717, 1.165) is 43.8 Å². The third-order valence-corrected chi connectivity index (χ3v) is 6.29. The number of nitrogens with zero attached hydrogens (tertiary/aromatic N) is 3. The summed E-state index contributed by atoms with van der Waals surface area (Å²) >= 11 is 1.46. The summed E-state index contributed by atoms with van der Waals surface area (Å²) in [6.07, 6.45) is 5.28. The minimum absolute atomic E-state index is 0.0259. The third-order valence-electron chi connectivity index (χ3n) is 5.15. The molecular weight excluding hydrogens is 406 g/mol. The van der Waals surface area contributed by atoms with Crippen molar-refractivity contribution in [2.24, 2.45) is 0 Å². The highest BCUT2D eigenvalue weighted by Crippen LogP contribution is 2.33. The molecule has 0 spiro atoms. The van der Waals surface area contributed by atoms with E-state index in [0.29, 0.717) is 11.4 Å². The normalized spacial score (nSPS) is 11.2. The molecule has 0 saturated carbocycles. The van der Waals surface area contributed by atoms with E-state index in [-0.39, 0.29) is 5.91 Å². The molecule has 4 aromatic heterocycles. The van der Waals surface area contributed by atoms with Gasteiger partial charge in [-0.25, -0.2) is 0 Å². The molecule has 1 amide bonds. The van der Waals surface area contributed by atoms with Crippen LogP contribution in [-0.4, -0.2) is 32.8 Å². The standard InChI is InChI=1S/C24H21N5OS/c1-15-10-17-11-18(5-6-19(17)27-15)28-20-7-9-26-21-12-22(31-23(20)21)24(30)29(2)14-16-4-3-8-25-13-16/h3-13,27H,14H2,1-2H3,(H,26,28). The SMILES string of the molecule is Cc1cc2cc(Nc3ccnc4cc(C(=O)N(C)Cc5cccnc5)sc34)ccc2[nH]1. The van der Waals surface area contributed by atoms with E-state index < -0.39 is 0 Å². The smallest absolute Gasteiger partial charge is 0.264 e. The molecule has 5 aromatic rings. The van der Waals surface area contributed by atoms with E-state index in [1.807, 2.05) is 30.3 Å². The van der Waals surface area contributed by atoms with Crippen molar-refractivity contribution in [2.75, 3.05) is 12.4 Å². The van der Waals surface area contributed by atoms with Crippen LogP contribution in [0.5, 0.6) is 0 Å². The second-order valence-corrected chi connectivity index (χ2v) is 8.64. The zero-order chi connectivity index (χ0) is 21.4. The van der Waals surface area contributed by atoms with E-state index in [4.69, 9.17) is 0 Å². The van der Waals surface area contributed by atoms with Gasteiger partial charge in [0.05, 0.1) is 20.8 Å². The van der Waals surface area contributed by atoms with E-state index in [1.54, 1.807) is 30.5 Å². The molecule has 0 saturated heterocycles. The number of hydrogen-bond donors (Lipinski definition) is 2. The van der Waals surface area contributed by atoms with Gasteiger partial charge in [0.15, 0.2) is 0 Å². The number of carbonyl (C=O) groups is 1. The lowest BCUT2D eigenvalue weighted by Crippen LogP contribution is -2.25. The highest BCUT2D eigenvalue weighted by molar-refractivity contribution is 7.21. The maximum absolute atomic E-state index is 13.0. The van der Waals surface area contributed by atoms with E-state index in [9.17, 15) is 4.79 Å². The molecule has 1 aromatic carbocycles. The van der Waals surface area contributed by atoms with E-state index in [1.165, 1.54) is 11.3 Å². The van der Waals surface area contributed by atoms with Crippen LogP contribution in [0.4, 0.5) is 11.4 Å². The topological polar surface area (TPSA) is 73.9 Å². The van der Waals surface area contributed by atoms with Gasteiger partial charge < -0.3 is 15.2 Å². The number of thiophene rings is 1. The van der Waals surface area contributed by atoms with Crippen LogP contribution in [0, 0.1) is 6.92 Å². The van der Waals surface area contributed by atoms with E-state index in [2.05, 4.69) is 45.4 Å². The third kappa shape index (κ3) is 3.87. The number of carbonyl (C=O) groups excluding carboxylic acids is 1. The van der Waals surface area contributed by atoms with Crippen LogP contribution < -0.4 is 5.32 Å². The van der Waals surface area contributed by atoms with Gasteiger partial charge >= 0.3 is 0 Å². The van der Waals surface area contributed by atoms with E-state index >= 15 is 0 Å². The molecule has 154 valence electrons. The number of rotatable bonds is 5. The van der Waals surface area contributed by atoms with Gasteiger partial charge in [-0.1, -0.05) is 6.07 Å². The Morgan fingerprint density at radius 3 is 2.90 bits per heavy atom. The number of amides is 1. The summed E-state index contributed by atoms with van der Waals surface area (Å²) < 4.78 is 0.964. The number of aromatic nitrogens is 3. The largest absolute Gasteiger partial charge is 0.359 e. The second kappa shape index (κ2) is 7.85. The summed E-state index contributed by atoms with van der Waals surface area (Å²) in [4.78, 5) is 27.3. The Kier molecular flexibility index (Phi) is 4.88. The number of H-pyrrole nitrogens is 1. The molecule has 31 heavy (non-hydrogen) atoms. The molecule has 6 nitrogen and oxygen atoms in total. The quantitative estimate of drug-likeness (QED) is 0.389. The number of nitrogens with one attached hydrogen (secondary N) is 2. The molecule has 5 rings (SSSR count). The summed E-state index contributed by atoms with van der Waals surface area (Å²) in [5, 5.41) is 4.65. The van der Waals surface area contributed by atoms with Crippen molar-refractivity contribution in [3.63, 3.8) is 0 Å². The van der Waals surface area contributed by atoms with Gasteiger partial charge in [-0.3, -0.25) is 14.8 Å². The lowest BCUT2D eigenvalue weighted by molar-refractivity contribution is 0.0790. The molecule has 0 aliphatic heterocycles. The monoisotopic (exact) mass is 427 g/mol. The van der Waals surface area contributed by atoms with Crippen molar-refractivity contribution in [2.45, 2.75) is 13.5 Å². The number of aromatic amines is 1. The van der Waals surface area contributed by atoms with Crippen LogP contribution in [0.1, 0.15) is 20.9 Å². The van der Waals surface area contributed by atoms with Gasteiger partial charge in [0.25, 0.3) is 5.91 Å². The zero-order valence-electron chi connectivity index (χ0n) is 17.2. The first kappa shape index (κ1) is 19.3. The Morgan fingerprint density at radius 2 is 2.06 bits per heavy atom. The lowest BCUT2D eigenvalue weighted by atomic mass is 10.2. The van der Waals surface area contributed by atoms with Crippen molar-refractivity contribution in [3.05, 3.63) is 83.3 Å². The summed E-state index contributed by atoms with van der Waals surface area (Å²) in [6, 6.07) is 16.0. The Labute approximate surface area is 183 Å². The molecule has 2 N–H and O–H groups in total. The number of benzene rings is 1. The van der Waals surface area contributed by atoms with Gasteiger partial charge in [0.2, 0.25) is 0 Å². The average Bonchev–Trinajstić information content (AvgIpc) is 3.37. The fourth-order valence-corrected chi connectivity index (χ4v) is 4.76. The maximum atomic E-state index is 13.0. The number of anilines is 2. The lowest BCUT2D eigenvalue weighted by Gasteiger charge is -2.15. The maximum Gasteiger partial charge on any atom is 0.264 e. The Balaban J connectivity index is 1.42. The Hall–Kier alpha value is -3.71. The van der Waals surface area contributed by atoms with Crippen molar-refractivity contribution < 1.29 is 4.79 Å². The molecule has 0 unspecified atom stereocenters. The van der Waals surface area contributed by atoms with Gasteiger partial charge in [-0.05, 0) is 55.0 Å². The predicted molar refractivity (Wildman–Crippen MR) is 126 cm³/mol. The summed E-state index contributed by atoms with van der Waals surface area (Å²) in [5.41, 5.74) is 5.99. The predicted octanol–water partition coefficient (Wildman–Crippen LogP) is 5.50. The molecule has 0 aliphatic carbocycles. The number of pyridine rings is 2. The second-order valence-electron chi connectivity index (χ2n) is 7.59. The van der Waals surface area contributed by atoms with Crippen LogP contribution in [-0.2, 0) is 6.54 Å². The van der Waals surface area contributed by atoms with Crippen LogP contribution in [0.3, 0.4) is 0 Å². The highest BCUT2D eigenvalue weighted by Gasteiger charge is 2.17. The average molecular weight is 428 g/mol. The fraction of sp³-hybridized carbons (Fsp3) is 0.125. The van der Waals surface area contributed by atoms with Crippen molar-refractivity contribution in [1.29, 1.82) is 0 Å². The molecule has 4 heterocycles. The van der Waals surface area contributed by atoms with Crippen molar-refractivity contribution in [3.8, 4) is 0 Å². The van der Waals surface area contributed by atoms with Crippen molar-refractivity contribution in [1.82, 2.24) is 19.9 Å².